The molecule has 1 saturated heterocycles. The molecule has 5 heteroatoms. The molecule has 1 aromatic rings. The molecule has 3 amide bonds. The Hall–Kier alpha value is -1.91. The molecule has 0 aromatic carbocycles. The van der Waals surface area contributed by atoms with E-state index in [0.29, 0.717) is 25.3 Å². The first kappa shape index (κ1) is 14.5. The summed E-state index contributed by atoms with van der Waals surface area (Å²) in [6.07, 6.45) is 4.73. The van der Waals surface area contributed by atoms with Gasteiger partial charge in [0.25, 0.3) is 5.91 Å². The van der Waals surface area contributed by atoms with Gasteiger partial charge in [-0.1, -0.05) is 13.8 Å². The minimum absolute atomic E-state index is 0.120. The highest BCUT2D eigenvalue weighted by molar-refractivity contribution is 6.06. The van der Waals surface area contributed by atoms with Crippen molar-refractivity contribution in [2.24, 2.45) is 5.92 Å². The van der Waals surface area contributed by atoms with E-state index in [1.54, 1.807) is 19.3 Å². The van der Waals surface area contributed by atoms with Crippen LogP contribution in [-0.2, 0) is 11.2 Å². The van der Waals surface area contributed by atoms with E-state index in [4.69, 9.17) is 0 Å². The molecule has 5 nitrogen and oxygen atoms in total. The SMILES string of the molecule is CC(C)C[C@]1(C)NC(=O)N(CCc2ccncc2)C1=O. The van der Waals surface area contributed by atoms with E-state index in [0.717, 1.165) is 5.56 Å². The number of pyridine rings is 1. The first-order valence-electron chi connectivity index (χ1n) is 6.95. The highest BCUT2D eigenvalue weighted by Gasteiger charge is 2.47. The molecule has 0 saturated carbocycles. The van der Waals surface area contributed by atoms with Crippen LogP contribution in [0.2, 0.25) is 0 Å². The van der Waals surface area contributed by atoms with Gasteiger partial charge in [-0.15, -0.1) is 0 Å². The number of urea groups is 1. The van der Waals surface area contributed by atoms with Crippen molar-refractivity contribution in [1.29, 1.82) is 0 Å². The summed E-state index contributed by atoms with van der Waals surface area (Å²) >= 11 is 0. The lowest BCUT2D eigenvalue weighted by Crippen LogP contribution is -2.45. The lowest BCUT2D eigenvalue weighted by atomic mass is 9.91. The second kappa shape index (κ2) is 5.61. The predicted octanol–water partition coefficient (Wildman–Crippen LogP) is 1.98. The maximum absolute atomic E-state index is 12.4. The van der Waals surface area contributed by atoms with E-state index in [2.05, 4.69) is 10.3 Å². The second-order valence-electron chi connectivity index (χ2n) is 5.92. The van der Waals surface area contributed by atoms with E-state index >= 15 is 0 Å². The van der Waals surface area contributed by atoms with Crippen molar-refractivity contribution < 1.29 is 9.59 Å². The number of hydrogen-bond donors (Lipinski definition) is 1. The van der Waals surface area contributed by atoms with Gasteiger partial charge in [0.1, 0.15) is 5.54 Å². The summed E-state index contributed by atoms with van der Waals surface area (Å²) in [7, 11) is 0. The molecule has 1 N–H and O–H groups in total. The molecule has 108 valence electrons. The Kier molecular flexibility index (Phi) is 4.06. The number of nitrogens with zero attached hydrogens (tertiary/aromatic N) is 2. The van der Waals surface area contributed by atoms with Gasteiger partial charge in [0.15, 0.2) is 0 Å². The molecular formula is C15H21N3O2. The third-order valence-electron chi connectivity index (χ3n) is 3.54. The fourth-order valence-electron chi connectivity index (χ4n) is 2.70. The van der Waals surface area contributed by atoms with Crippen LogP contribution in [0.1, 0.15) is 32.8 Å². The monoisotopic (exact) mass is 275 g/mol. The van der Waals surface area contributed by atoms with Gasteiger partial charge in [0.2, 0.25) is 0 Å². The Morgan fingerprint density at radius 3 is 2.55 bits per heavy atom. The van der Waals surface area contributed by atoms with Gasteiger partial charge in [0.05, 0.1) is 0 Å². The molecule has 1 atom stereocenters. The topological polar surface area (TPSA) is 62.3 Å². The molecule has 20 heavy (non-hydrogen) atoms. The average Bonchev–Trinajstić information content (AvgIpc) is 2.58. The van der Waals surface area contributed by atoms with Crippen LogP contribution in [0.5, 0.6) is 0 Å². The second-order valence-corrected chi connectivity index (χ2v) is 5.92. The van der Waals surface area contributed by atoms with Crippen molar-refractivity contribution in [3.63, 3.8) is 0 Å². The van der Waals surface area contributed by atoms with Gasteiger partial charge in [0, 0.05) is 18.9 Å². The molecular weight excluding hydrogens is 254 g/mol. The molecule has 0 radical (unpaired) electrons. The lowest BCUT2D eigenvalue weighted by Gasteiger charge is -2.23. The minimum atomic E-state index is -0.760. The van der Waals surface area contributed by atoms with Crippen LogP contribution in [0.15, 0.2) is 24.5 Å². The highest BCUT2D eigenvalue weighted by Crippen LogP contribution is 2.25. The van der Waals surface area contributed by atoms with Crippen LogP contribution < -0.4 is 5.32 Å². The van der Waals surface area contributed by atoms with E-state index in [-0.39, 0.29) is 11.9 Å². The number of aromatic nitrogens is 1. The fraction of sp³-hybridized carbons (Fsp3) is 0.533. The van der Waals surface area contributed by atoms with Crippen LogP contribution in [0.4, 0.5) is 4.79 Å². The third kappa shape index (κ3) is 2.98. The van der Waals surface area contributed by atoms with Crippen molar-refractivity contribution in [3.8, 4) is 0 Å². The average molecular weight is 275 g/mol. The van der Waals surface area contributed by atoms with Crippen LogP contribution in [-0.4, -0.2) is 33.9 Å². The lowest BCUT2D eigenvalue weighted by molar-refractivity contribution is -0.131. The molecule has 1 aromatic heterocycles. The standard InChI is InChI=1S/C15H21N3O2/c1-11(2)10-15(3)13(19)18(14(20)17-15)9-6-12-4-7-16-8-5-12/h4-5,7-8,11H,6,9-10H2,1-3H3,(H,17,20)/t15-/m0/s1. The van der Waals surface area contributed by atoms with Gasteiger partial charge in [-0.05, 0) is 43.4 Å². The third-order valence-corrected chi connectivity index (χ3v) is 3.54. The van der Waals surface area contributed by atoms with E-state index in [1.807, 2.05) is 26.0 Å². The Bertz CT molecular complexity index is 501. The highest BCUT2D eigenvalue weighted by atomic mass is 16.2. The zero-order valence-corrected chi connectivity index (χ0v) is 12.2. The molecule has 1 aliphatic heterocycles. The maximum atomic E-state index is 12.4. The number of imide groups is 1. The molecule has 2 rings (SSSR count). The van der Waals surface area contributed by atoms with Gasteiger partial charge in [-0.3, -0.25) is 14.7 Å². The maximum Gasteiger partial charge on any atom is 0.325 e. The molecule has 0 aliphatic carbocycles. The Labute approximate surface area is 119 Å². The van der Waals surface area contributed by atoms with Crippen molar-refractivity contribution in [2.75, 3.05) is 6.54 Å². The largest absolute Gasteiger partial charge is 0.325 e. The van der Waals surface area contributed by atoms with Gasteiger partial charge < -0.3 is 5.32 Å². The number of hydrogen-bond acceptors (Lipinski definition) is 3. The number of rotatable bonds is 5. The predicted molar refractivity (Wildman–Crippen MR) is 76.0 cm³/mol. The zero-order valence-electron chi connectivity index (χ0n) is 12.2. The minimum Gasteiger partial charge on any atom is -0.323 e. The van der Waals surface area contributed by atoms with Crippen molar-refractivity contribution in [3.05, 3.63) is 30.1 Å². The first-order valence-corrected chi connectivity index (χ1v) is 6.95. The summed E-state index contributed by atoms with van der Waals surface area (Å²) in [5.74, 6) is 0.231. The summed E-state index contributed by atoms with van der Waals surface area (Å²) in [6.45, 7) is 6.30. The summed E-state index contributed by atoms with van der Waals surface area (Å²) < 4.78 is 0. The number of amides is 3. The van der Waals surface area contributed by atoms with Crippen molar-refractivity contribution in [1.82, 2.24) is 15.2 Å². The quantitative estimate of drug-likeness (QED) is 0.836. The van der Waals surface area contributed by atoms with Crippen LogP contribution in [0, 0.1) is 5.92 Å². The summed E-state index contributed by atoms with van der Waals surface area (Å²) in [5.41, 5.74) is 0.307. The number of carbonyl (C=O) groups is 2. The van der Waals surface area contributed by atoms with Crippen LogP contribution in [0.3, 0.4) is 0 Å². The number of carbonyl (C=O) groups excluding carboxylic acids is 2. The number of nitrogens with one attached hydrogen (secondary N) is 1. The molecule has 0 unspecified atom stereocenters. The molecule has 1 fully saturated rings. The van der Waals surface area contributed by atoms with Crippen LogP contribution in [0.25, 0.3) is 0 Å². The summed E-state index contributed by atoms with van der Waals surface area (Å²) in [4.78, 5) is 29.7. The van der Waals surface area contributed by atoms with Crippen LogP contribution >= 0.6 is 0 Å². The van der Waals surface area contributed by atoms with E-state index < -0.39 is 5.54 Å². The fourth-order valence-corrected chi connectivity index (χ4v) is 2.70. The Morgan fingerprint density at radius 1 is 1.30 bits per heavy atom. The summed E-state index contributed by atoms with van der Waals surface area (Å²) in [6, 6.07) is 3.50. The molecule has 0 bridgehead atoms. The molecule has 1 aliphatic rings. The Balaban J connectivity index is 2.02. The van der Waals surface area contributed by atoms with Gasteiger partial charge >= 0.3 is 6.03 Å². The van der Waals surface area contributed by atoms with Gasteiger partial charge in [-0.25, -0.2) is 4.79 Å². The Morgan fingerprint density at radius 2 is 1.95 bits per heavy atom. The van der Waals surface area contributed by atoms with Crippen molar-refractivity contribution >= 4 is 11.9 Å². The summed E-state index contributed by atoms with van der Waals surface area (Å²) in [5, 5.41) is 2.82. The first-order chi connectivity index (χ1) is 9.42. The van der Waals surface area contributed by atoms with Gasteiger partial charge in [-0.2, -0.15) is 0 Å². The molecule has 2 heterocycles. The molecule has 0 spiro atoms. The smallest absolute Gasteiger partial charge is 0.323 e. The zero-order chi connectivity index (χ0) is 14.8. The van der Waals surface area contributed by atoms with E-state index in [9.17, 15) is 9.59 Å². The van der Waals surface area contributed by atoms with E-state index in [1.165, 1.54) is 4.90 Å². The normalized spacial score (nSPS) is 22.5. The van der Waals surface area contributed by atoms with Crippen molar-refractivity contribution in [2.45, 2.75) is 39.2 Å².